The Balaban J connectivity index is 2.89. The van der Waals surface area contributed by atoms with Gasteiger partial charge in [0, 0.05) is 5.69 Å². The Morgan fingerprint density at radius 3 is 2.57 bits per heavy atom. The molecule has 2 unspecified atom stereocenters. The van der Waals surface area contributed by atoms with Crippen LogP contribution in [0.2, 0.25) is 0 Å². The van der Waals surface area contributed by atoms with Gasteiger partial charge in [-0.15, -0.1) is 0 Å². The van der Waals surface area contributed by atoms with E-state index in [1.165, 1.54) is 0 Å². The average Bonchev–Trinajstić information content (AvgIpc) is 2.15. The lowest BCUT2D eigenvalue weighted by molar-refractivity contribution is -0.136. The number of carboxylic acid groups (broad SMARTS) is 1. The molecule has 5 heteroatoms. The Morgan fingerprint density at radius 1 is 1.43 bits per heavy atom. The summed E-state index contributed by atoms with van der Waals surface area (Å²) in [5, 5.41) is 8.77. The van der Waals surface area contributed by atoms with Crippen LogP contribution < -0.4 is 5.73 Å². The van der Waals surface area contributed by atoms with Gasteiger partial charge in [0.15, 0.2) is 0 Å². The maximum Gasteiger partial charge on any atom is 0.318 e. The summed E-state index contributed by atoms with van der Waals surface area (Å²) in [5.41, 5.74) is 7.05. The van der Waals surface area contributed by atoms with Gasteiger partial charge in [-0.25, -0.2) is 0 Å². The van der Waals surface area contributed by atoms with E-state index in [0.717, 1.165) is 5.56 Å². The summed E-state index contributed by atoms with van der Waals surface area (Å²) in [7, 11) is 0. The van der Waals surface area contributed by atoms with Gasteiger partial charge in [0.2, 0.25) is 0 Å². The number of alkyl halides is 2. The molecule has 0 fully saturated rings. The monoisotopic (exact) mass is 321 g/mol. The van der Waals surface area contributed by atoms with Crippen LogP contribution >= 0.6 is 31.9 Å². The first-order valence-electron chi connectivity index (χ1n) is 3.88. The zero-order valence-electron chi connectivity index (χ0n) is 7.15. The van der Waals surface area contributed by atoms with Crippen LogP contribution in [-0.4, -0.2) is 15.9 Å². The predicted octanol–water partition coefficient (Wildman–Crippen LogP) is 2.55. The Bertz CT molecular complexity index is 343. The smallest absolute Gasteiger partial charge is 0.318 e. The molecule has 3 N–H and O–H groups in total. The molecular formula is C9H9Br2NO2. The van der Waals surface area contributed by atoms with Crippen molar-refractivity contribution in [1.29, 1.82) is 0 Å². The van der Waals surface area contributed by atoms with Crippen LogP contribution in [0.4, 0.5) is 5.69 Å². The van der Waals surface area contributed by atoms with E-state index in [0.29, 0.717) is 5.69 Å². The molecule has 2 atom stereocenters. The highest BCUT2D eigenvalue weighted by atomic mass is 79.9. The normalized spacial score (nSPS) is 14.7. The van der Waals surface area contributed by atoms with Gasteiger partial charge < -0.3 is 10.8 Å². The van der Waals surface area contributed by atoms with Gasteiger partial charge >= 0.3 is 5.97 Å². The molecule has 0 saturated heterocycles. The van der Waals surface area contributed by atoms with E-state index in [1.54, 1.807) is 18.2 Å². The van der Waals surface area contributed by atoms with Crippen molar-refractivity contribution in [3.8, 4) is 0 Å². The molecule has 1 rings (SSSR count). The summed E-state index contributed by atoms with van der Waals surface area (Å²) >= 11 is 6.38. The number of nitrogen functional groups attached to an aromatic ring is 1. The number of rotatable bonds is 3. The average molecular weight is 323 g/mol. The van der Waals surface area contributed by atoms with Crippen molar-refractivity contribution in [2.24, 2.45) is 0 Å². The standard InChI is InChI=1S/C9H9Br2NO2/c10-7(8(11)9(13)14)5-2-1-3-6(12)4-5/h1-4,7-8H,12H2,(H,13,14). The minimum atomic E-state index is -0.908. The first-order valence-corrected chi connectivity index (χ1v) is 5.72. The van der Waals surface area contributed by atoms with Crippen molar-refractivity contribution < 1.29 is 9.90 Å². The Labute approximate surface area is 98.6 Å². The van der Waals surface area contributed by atoms with Gasteiger partial charge in [0.25, 0.3) is 0 Å². The van der Waals surface area contributed by atoms with Crippen LogP contribution in [0.15, 0.2) is 24.3 Å². The number of hydrogen-bond acceptors (Lipinski definition) is 2. The molecule has 0 aromatic heterocycles. The molecule has 0 saturated carbocycles. The van der Waals surface area contributed by atoms with Crippen molar-refractivity contribution in [3.05, 3.63) is 29.8 Å². The molecule has 0 radical (unpaired) electrons. The summed E-state index contributed by atoms with van der Waals surface area (Å²) in [6, 6.07) is 7.12. The Morgan fingerprint density at radius 2 is 2.07 bits per heavy atom. The number of carboxylic acids is 1. The third-order valence-corrected chi connectivity index (χ3v) is 4.41. The number of anilines is 1. The molecule has 3 nitrogen and oxygen atoms in total. The van der Waals surface area contributed by atoms with E-state index >= 15 is 0 Å². The molecular weight excluding hydrogens is 314 g/mol. The largest absolute Gasteiger partial charge is 0.480 e. The highest BCUT2D eigenvalue weighted by molar-refractivity contribution is 9.12. The van der Waals surface area contributed by atoms with Gasteiger partial charge in [-0.3, -0.25) is 4.79 Å². The molecule has 0 aliphatic rings. The zero-order chi connectivity index (χ0) is 10.7. The van der Waals surface area contributed by atoms with Gasteiger partial charge in [-0.05, 0) is 17.7 Å². The molecule has 0 spiro atoms. The van der Waals surface area contributed by atoms with E-state index in [1.807, 2.05) is 6.07 Å². The van der Waals surface area contributed by atoms with E-state index in [-0.39, 0.29) is 4.83 Å². The second-order valence-corrected chi connectivity index (χ2v) is 4.78. The molecule has 0 aliphatic heterocycles. The number of benzene rings is 1. The number of hydrogen-bond donors (Lipinski definition) is 2. The Hall–Kier alpha value is -0.550. The summed E-state index contributed by atoms with van der Waals surface area (Å²) in [4.78, 5) is 9.74. The number of carbonyl (C=O) groups is 1. The third kappa shape index (κ3) is 2.72. The highest BCUT2D eigenvalue weighted by Gasteiger charge is 2.24. The van der Waals surface area contributed by atoms with Crippen LogP contribution in [0, 0.1) is 0 Å². The molecule has 1 aromatic rings. The molecule has 0 amide bonds. The first kappa shape index (κ1) is 11.5. The molecule has 1 aromatic carbocycles. The number of nitrogens with two attached hydrogens (primary N) is 1. The van der Waals surface area contributed by atoms with E-state index in [2.05, 4.69) is 31.9 Å². The summed E-state index contributed by atoms with van der Waals surface area (Å²) in [5.74, 6) is -0.908. The molecule has 76 valence electrons. The molecule has 0 heterocycles. The molecule has 0 bridgehead atoms. The fraction of sp³-hybridized carbons (Fsp3) is 0.222. The van der Waals surface area contributed by atoms with Gasteiger partial charge in [0.05, 0.1) is 4.83 Å². The van der Waals surface area contributed by atoms with E-state index in [9.17, 15) is 4.79 Å². The van der Waals surface area contributed by atoms with Crippen LogP contribution in [0.5, 0.6) is 0 Å². The summed E-state index contributed by atoms with van der Waals surface area (Å²) in [6.07, 6.45) is 0. The molecule has 0 aliphatic carbocycles. The van der Waals surface area contributed by atoms with E-state index in [4.69, 9.17) is 10.8 Å². The lowest BCUT2D eigenvalue weighted by atomic mass is 10.1. The lowest BCUT2D eigenvalue weighted by Gasteiger charge is -2.13. The fourth-order valence-corrected chi connectivity index (χ4v) is 1.84. The summed E-state index contributed by atoms with van der Waals surface area (Å²) in [6.45, 7) is 0. The molecule has 14 heavy (non-hydrogen) atoms. The summed E-state index contributed by atoms with van der Waals surface area (Å²) < 4.78 is 0. The van der Waals surface area contributed by atoms with Crippen molar-refractivity contribution >= 4 is 43.5 Å². The quantitative estimate of drug-likeness (QED) is 0.664. The Kier molecular flexibility index (Phi) is 3.95. The van der Waals surface area contributed by atoms with E-state index < -0.39 is 10.8 Å². The minimum Gasteiger partial charge on any atom is -0.480 e. The maximum absolute atomic E-state index is 10.7. The second kappa shape index (κ2) is 4.79. The van der Waals surface area contributed by atoms with Crippen molar-refractivity contribution in [2.75, 3.05) is 5.73 Å². The topological polar surface area (TPSA) is 63.3 Å². The zero-order valence-corrected chi connectivity index (χ0v) is 10.3. The van der Waals surface area contributed by atoms with Crippen molar-refractivity contribution in [1.82, 2.24) is 0 Å². The van der Waals surface area contributed by atoms with Crippen LogP contribution in [-0.2, 0) is 4.79 Å². The second-order valence-electron chi connectivity index (χ2n) is 2.81. The van der Waals surface area contributed by atoms with Crippen LogP contribution in [0.3, 0.4) is 0 Å². The highest BCUT2D eigenvalue weighted by Crippen LogP contribution is 2.32. The first-order chi connectivity index (χ1) is 6.52. The number of halogens is 2. The SMILES string of the molecule is Nc1cccc(C(Br)C(Br)C(=O)O)c1. The fourth-order valence-electron chi connectivity index (χ4n) is 1.02. The lowest BCUT2D eigenvalue weighted by Crippen LogP contribution is -2.17. The number of aliphatic carboxylic acids is 1. The van der Waals surface area contributed by atoms with Crippen molar-refractivity contribution in [2.45, 2.75) is 9.65 Å². The maximum atomic E-state index is 10.7. The van der Waals surface area contributed by atoms with Gasteiger partial charge in [-0.1, -0.05) is 44.0 Å². The van der Waals surface area contributed by atoms with Crippen molar-refractivity contribution in [3.63, 3.8) is 0 Å². The third-order valence-electron chi connectivity index (χ3n) is 1.72. The van der Waals surface area contributed by atoms with Gasteiger partial charge in [0.1, 0.15) is 4.83 Å². The van der Waals surface area contributed by atoms with Crippen LogP contribution in [0.1, 0.15) is 10.4 Å². The van der Waals surface area contributed by atoms with Gasteiger partial charge in [-0.2, -0.15) is 0 Å². The van der Waals surface area contributed by atoms with Crippen LogP contribution in [0.25, 0.3) is 0 Å². The minimum absolute atomic E-state index is 0.288. The predicted molar refractivity (Wildman–Crippen MR) is 62.9 cm³/mol.